The molecule has 0 spiro atoms. The number of rotatable bonds is 12. The minimum absolute atomic E-state index is 0.0504. The maximum absolute atomic E-state index is 13.5. The van der Waals surface area contributed by atoms with Gasteiger partial charge in [0, 0.05) is 24.8 Å². The van der Waals surface area contributed by atoms with E-state index in [9.17, 15) is 13.2 Å². The van der Waals surface area contributed by atoms with Gasteiger partial charge in [-0.15, -0.1) is 0 Å². The van der Waals surface area contributed by atoms with Gasteiger partial charge >= 0.3 is 0 Å². The van der Waals surface area contributed by atoms with Crippen LogP contribution in [0.3, 0.4) is 0 Å². The van der Waals surface area contributed by atoms with Gasteiger partial charge in [-0.2, -0.15) is 5.10 Å². The van der Waals surface area contributed by atoms with Crippen LogP contribution in [0.15, 0.2) is 82.8 Å². The van der Waals surface area contributed by atoms with Crippen LogP contribution in [-0.4, -0.2) is 54.4 Å². The number of benzene rings is 3. The highest BCUT2D eigenvalue weighted by Crippen LogP contribution is 2.33. The van der Waals surface area contributed by atoms with E-state index < -0.39 is 22.5 Å². The van der Waals surface area contributed by atoms with Gasteiger partial charge in [0.1, 0.15) is 6.54 Å². The number of nitrogens with one attached hydrogen (secondary N) is 1. The van der Waals surface area contributed by atoms with E-state index in [0.717, 1.165) is 28.6 Å². The molecule has 196 valence electrons. The Balaban J connectivity index is 1.81. The van der Waals surface area contributed by atoms with Crippen LogP contribution < -0.4 is 24.1 Å². The molecule has 0 saturated carbocycles. The Morgan fingerprint density at radius 2 is 1.51 bits per heavy atom. The van der Waals surface area contributed by atoms with E-state index >= 15 is 0 Å². The van der Waals surface area contributed by atoms with Crippen LogP contribution in [0.25, 0.3) is 0 Å². The number of hydrogen-bond acceptors (Lipinski definition) is 7. The normalized spacial score (nSPS) is 11.2. The van der Waals surface area contributed by atoms with Crippen molar-refractivity contribution < 1.29 is 22.7 Å². The Morgan fingerprint density at radius 1 is 0.892 bits per heavy atom. The summed E-state index contributed by atoms with van der Waals surface area (Å²) in [6.07, 6.45) is 1.51. The monoisotopic (exact) mass is 524 g/mol. The van der Waals surface area contributed by atoms with Gasteiger partial charge in [0.05, 0.1) is 31.0 Å². The molecule has 0 aliphatic heterocycles. The molecule has 0 aliphatic rings. The van der Waals surface area contributed by atoms with Crippen molar-refractivity contribution in [1.29, 1.82) is 0 Å². The zero-order chi connectivity index (χ0) is 26.8. The molecule has 0 atom stereocenters. The SMILES string of the molecule is CCN(CC)c1ccc(/C=N\NC(=O)CN(c2ccc(OC)c(OC)c2)S(=O)(=O)c2ccccc2)cc1. The number of carbonyl (C=O) groups is 1. The van der Waals surface area contributed by atoms with Gasteiger partial charge in [-0.3, -0.25) is 9.10 Å². The number of methoxy groups -OCH3 is 2. The fourth-order valence-corrected chi connectivity index (χ4v) is 5.15. The highest BCUT2D eigenvalue weighted by atomic mass is 32.2. The van der Waals surface area contributed by atoms with Crippen LogP contribution >= 0.6 is 0 Å². The summed E-state index contributed by atoms with van der Waals surface area (Å²) < 4.78 is 38.6. The predicted octanol–water partition coefficient (Wildman–Crippen LogP) is 3.90. The average molecular weight is 525 g/mol. The van der Waals surface area contributed by atoms with Crippen LogP contribution in [0.2, 0.25) is 0 Å². The molecule has 10 heteroatoms. The molecule has 0 fully saturated rings. The van der Waals surface area contributed by atoms with Gasteiger partial charge in [-0.25, -0.2) is 13.8 Å². The second-order valence-corrected chi connectivity index (χ2v) is 9.78. The highest BCUT2D eigenvalue weighted by molar-refractivity contribution is 7.92. The first kappa shape index (κ1) is 27.5. The molecule has 3 rings (SSSR count). The Labute approximate surface area is 218 Å². The van der Waals surface area contributed by atoms with E-state index in [0.29, 0.717) is 11.5 Å². The third kappa shape index (κ3) is 6.79. The lowest BCUT2D eigenvalue weighted by atomic mass is 10.2. The third-order valence-corrected chi connectivity index (χ3v) is 7.49. The number of hydrogen-bond donors (Lipinski definition) is 1. The van der Waals surface area contributed by atoms with Gasteiger partial charge in [0.25, 0.3) is 15.9 Å². The summed E-state index contributed by atoms with van der Waals surface area (Å²) in [5.74, 6) is 0.162. The van der Waals surface area contributed by atoms with E-state index in [1.165, 1.54) is 38.6 Å². The van der Waals surface area contributed by atoms with E-state index in [4.69, 9.17) is 9.47 Å². The minimum atomic E-state index is -4.07. The molecule has 0 bridgehead atoms. The van der Waals surface area contributed by atoms with Crippen molar-refractivity contribution in [2.75, 3.05) is 43.1 Å². The van der Waals surface area contributed by atoms with Gasteiger partial charge in [0.15, 0.2) is 11.5 Å². The topological polar surface area (TPSA) is 101 Å². The van der Waals surface area contributed by atoms with Crippen molar-refractivity contribution in [1.82, 2.24) is 5.43 Å². The van der Waals surface area contributed by atoms with E-state index in [-0.39, 0.29) is 10.6 Å². The molecule has 1 N–H and O–H groups in total. The van der Waals surface area contributed by atoms with E-state index in [2.05, 4.69) is 29.3 Å². The largest absolute Gasteiger partial charge is 0.493 e. The molecule has 37 heavy (non-hydrogen) atoms. The Morgan fingerprint density at radius 3 is 2.11 bits per heavy atom. The molecule has 3 aromatic rings. The summed E-state index contributed by atoms with van der Waals surface area (Å²) in [5, 5.41) is 4.01. The maximum atomic E-state index is 13.5. The molecule has 0 aromatic heterocycles. The van der Waals surface area contributed by atoms with Crippen molar-refractivity contribution in [2.24, 2.45) is 5.10 Å². The standard InChI is InChI=1S/C27H32N4O5S/c1-5-30(6-2)22-14-12-21(13-15-22)19-28-29-27(32)20-31(37(33,34)24-10-8-7-9-11-24)23-16-17-25(35-3)26(18-23)36-4/h7-19H,5-6,20H2,1-4H3,(H,29,32)/b28-19-. The highest BCUT2D eigenvalue weighted by Gasteiger charge is 2.28. The van der Waals surface area contributed by atoms with Gasteiger partial charge in [-0.05, 0) is 55.8 Å². The molecule has 1 amide bonds. The second kappa shape index (κ2) is 12.8. The molecule has 0 unspecified atom stereocenters. The van der Waals surface area contributed by atoms with Crippen molar-refractivity contribution in [3.8, 4) is 11.5 Å². The summed E-state index contributed by atoms with van der Waals surface area (Å²) >= 11 is 0. The zero-order valence-corrected chi connectivity index (χ0v) is 22.2. The number of amides is 1. The molecule has 0 saturated heterocycles. The van der Waals surface area contributed by atoms with Crippen molar-refractivity contribution in [3.05, 3.63) is 78.4 Å². The third-order valence-electron chi connectivity index (χ3n) is 5.70. The summed E-state index contributed by atoms with van der Waals surface area (Å²) in [4.78, 5) is 15.1. The van der Waals surface area contributed by atoms with Gasteiger partial charge in [-0.1, -0.05) is 30.3 Å². The quantitative estimate of drug-likeness (QED) is 0.285. The first-order valence-corrected chi connectivity index (χ1v) is 13.2. The first-order chi connectivity index (χ1) is 17.8. The fourth-order valence-electron chi connectivity index (χ4n) is 3.72. The Bertz CT molecular complexity index is 1310. The van der Waals surface area contributed by atoms with Crippen LogP contribution in [0, 0.1) is 0 Å². The lowest BCUT2D eigenvalue weighted by Gasteiger charge is -2.24. The summed E-state index contributed by atoms with van der Waals surface area (Å²) in [6.45, 7) is 5.51. The predicted molar refractivity (Wildman–Crippen MR) is 146 cm³/mol. The summed E-state index contributed by atoms with van der Waals surface area (Å²) in [5.41, 5.74) is 4.56. The minimum Gasteiger partial charge on any atom is -0.493 e. The molecule has 0 radical (unpaired) electrons. The summed E-state index contributed by atoms with van der Waals surface area (Å²) in [6, 6.07) is 20.3. The summed E-state index contributed by atoms with van der Waals surface area (Å²) in [7, 11) is -1.13. The smallest absolute Gasteiger partial charge is 0.264 e. The average Bonchev–Trinajstić information content (AvgIpc) is 2.93. The number of anilines is 2. The number of carbonyl (C=O) groups excluding carboxylic acids is 1. The lowest BCUT2D eigenvalue weighted by Crippen LogP contribution is -2.39. The number of ether oxygens (including phenoxy) is 2. The van der Waals surface area contributed by atoms with E-state index in [1.807, 2.05) is 24.3 Å². The van der Waals surface area contributed by atoms with Crippen molar-refractivity contribution in [2.45, 2.75) is 18.7 Å². The van der Waals surface area contributed by atoms with Crippen LogP contribution in [0.4, 0.5) is 11.4 Å². The molecular formula is C27H32N4O5S. The molecular weight excluding hydrogens is 492 g/mol. The van der Waals surface area contributed by atoms with Gasteiger partial charge in [0.2, 0.25) is 0 Å². The van der Waals surface area contributed by atoms with Gasteiger partial charge < -0.3 is 14.4 Å². The molecule has 9 nitrogen and oxygen atoms in total. The fraction of sp³-hybridized carbons (Fsp3) is 0.259. The number of hydrazone groups is 1. The molecule has 0 aliphatic carbocycles. The van der Waals surface area contributed by atoms with Crippen molar-refractivity contribution >= 4 is 33.5 Å². The Kier molecular flexibility index (Phi) is 9.51. The number of nitrogens with zero attached hydrogens (tertiary/aromatic N) is 3. The zero-order valence-electron chi connectivity index (χ0n) is 21.4. The lowest BCUT2D eigenvalue weighted by molar-refractivity contribution is -0.119. The maximum Gasteiger partial charge on any atom is 0.264 e. The molecule has 0 heterocycles. The Hall–Kier alpha value is -4.05. The second-order valence-electron chi connectivity index (χ2n) is 7.92. The number of sulfonamides is 1. The van der Waals surface area contributed by atoms with Crippen LogP contribution in [-0.2, 0) is 14.8 Å². The van der Waals surface area contributed by atoms with Crippen LogP contribution in [0.5, 0.6) is 11.5 Å². The van der Waals surface area contributed by atoms with E-state index in [1.54, 1.807) is 30.3 Å². The first-order valence-electron chi connectivity index (χ1n) is 11.8. The van der Waals surface area contributed by atoms with Crippen LogP contribution in [0.1, 0.15) is 19.4 Å². The molecule has 3 aromatic carbocycles. The van der Waals surface area contributed by atoms with Crippen molar-refractivity contribution in [3.63, 3.8) is 0 Å².